The van der Waals surface area contributed by atoms with Gasteiger partial charge in [-0.05, 0) is 85.8 Å². The van der Waals surface area contributed by atoms with Gasteiger partial charge < -0.3 is 4.74 Å². The molecule has 0 bridgehead atoms. The first kappa shape index (κ1) is 28.8. The van der Waals surface area contributed by atoms with Crippen LogP contribution >= 0.6 is 0 Å². The maximum atomic E-state index is 13.9. The van der Waals surface area contributed by atoms with Crippen molar-refractivity contribution in [3.63, 3.8) is 0 Å². The zero-order valence-electron chi connectivity index (χ0n) is 24.7. The molecule has 2 fully saturated rings. The second kappa shape index (κ2) is 11.1. The molecule has 0 N–H and O–H groups in total. The summed E-state index contributed by atoms with van der Waals surface area (Å²) in [4.78, 5) is 23.2. The summed E-state index contributed by atoms with van der Waals surface area (Å²) in [5.41, 5.74) is 1.72. The number of carbonyl (C=O) groups is 1. The van der Waals surface area contributed by atoms with Gasteiger partial charge in [-0.3, -0.25) is 14.5 Å². The average molecular weight is 521 g/mol. The second-order valence-corrected chi connectivity index (χ2v) is 13.5. The molecular formula is C33H48N2O3. The monoisotopic (exact) mass is 520 g/mol. The van der Waals surface area contributed by atoms with Crippen LogP contribution in [0.4, 0.5) is 0 Å². The lowest BCUT2D eigenvalue weighted by molar-refractivity contribution is -0.287. The Balaban J connectivity index is 1.71. The first-order valence-electron chi connectivity index (χ1n) is 14.3. The van der Waals surface area contributed by atoms with Gasteiger partial charge in [-0.2, -0.15) is 5.06 Å². The molecule has 0 amide bonds. The van der Waals surface area contributed by atoms with Gasteiger partial charge in [0.15, 0.2) is 0 Å². The quantitative estimate of drug-likeness (QED) is 0.357. The van der Waals surface area contributed by atoms with Crippen LogP contribution in [0.3, 0.4) is 0 Å². The summed E-state index contributed by atoms with van der Waals surface area (Å²) in [6.45, 7) is 18.4. The minimum absolute atomic E-state index is 0.00487. The van der Waals surface area contributed by atoms with E-state index in [-0.39, 0.29) is 41.0 Å². The van der Waals surface area contributed by atoms with Crippen molar-refractivity contribution in [3.05, 3.63) is 71.8 Å². The molecule has 2 aromatic rings. The van der Waals surface area contributed by atoms with Crippen LogP contribution in [0.25, 0.3) is 0 Å². The molecule has 0 aliphatic carbocycles. The normalized spacial score (nSPS) is 26.7. The second-order valence-electron chi connectivity index (χ2n) is 13.5. The van der Waals surface area contributed by atoms with Gasteiger partial charge in [-0.1, -0.05) is 60.7 Å². The molecule has 0 unspecified atom stereocenters. The van der Waals surface area contributed by atoms with Crippen molar-refractivity contribution in [2.45, 2.75) is 103 Å². The highest BCUT2D eigenvalue weighted by molar-refractivity contribution is 5.75. The fraction of sp³-hybridized carbons (Fsp3) is 0.606. The van der Waals surface area contributed by atoms with Gasteiger partial charge in [0.2, 0.25) is 0 Å². The Kier molecular flexibility index (Phi) is 8.42. The fourth-order valence-electron chi connectivity index (χ4n) is 6.68. The Bertz CT molecular complexity index is 1040. The molecule has 0 spiro atoms. The number of hydrogen-bond acceptors (Lipinski definition) is 5. The number of rotatable bonds is 7. The van der Waals surface area contributed by atoms with E-state index < -0.39 is 5.60 Å². The summed E-state index contributed by atoms with van der Waals surface area (Å²) in [7, 11) is 0. The summed E-state index contributed by atoms with van der Waals surface area (Å²) >= 11 is 0. The molecule has 2 aliphatic rings. The predicted octanol–water partition coefficient (Wildman–Crippen LogP) is 7.35. The lowest BCUT2D eigenvalue weighted by atomic mass is 9.82. The van der Waals surface area contributed by atoms with E-state index in [1.165, 1.54) is 12.0 Å². The topological polar surface area (TPSA) is 42.0 Å². The molecule has 38 heavy (non-hydrogen) atoms. The van der Waals surface area contributed by atoms with Crippen LogP contribution in [0, 0.1) is 11.8 Å². The molecule has 4 rings (SSSR count). The predicted molar refractivity (Wildman–Crippen MR) is 153 cm³/mol. The van der Waals surface area contributed by atoms with E-state index in [0.29, 0.717) is 6.61 Å². The SMILES string of the molecule is C[C@H](c1ccccc1)N1C[C@H](CON2C(C)(C)CCCC2(C)C)[C@H](C(=O)OC(C)(C)C)[C@H]1c1ccccc1. The molecule has 0 aromatic heterocycles. The number of ether oxygens (including phenoxy) is 1. The molecule has 0 saturated carbocycles. The fourth-order valence-corrected chi connectivity index (χ4v) is 6.68. The van der Waals surface area contributed by atoms with Gasteiger partial charge in [0.25, 0.3) is 0 Å². The Morgan fingerprint density at radius 3 is 2.05 bits per heavy atom. The van der Waals surface area contributed by atoms with Gasteiger partial charge in [0, 0.05) is 35.6 Å². The minimum atomic E-state index is -0.557. The lowest BCUT2D eigenvalue weighted by Gasteiger charge is -2.51. The number of nitrogens with zero attached hydrogens (tertiary/aromatic N) is 2. The third-order valence-corrected chi connectivity index (χ3v) is 8.34. The Labute approximate surface area is 230 Å². The highest BCUT2D eigenvalue weighted by atomic mass is 16.7. The summed E-state index contributed by atoms with van der Waals surface area (Å²) in [5, 5.41) is 2.22. The van der Waals surface area contributed by atoms with Crippen LogP contribution in [0.15, 0.2) is 60.7 Å². The first-order valence-corrected chi connectivity index (χ1v) is 14.3. The number of hydrogen-bond donors (Lipinski definition) is 0. The number of hydroxylamine groups is 2. The van der Waals surface area contributed by atoms with Gasteiger partial charge in [0.1, 0.15) is 5.60 Å². The van der Waals surface area contributed by atoms with E-state index >= 15 is 0 Å². The molecule has 5 heteroatoms. The van der Waals surface area contributed by atoms with E-state index in [0.717, 1.165) is 24.9 Å². The maximum absolute atomic E-state index is 13.9. The minimum Gasteiger partial charge on any atom is -0.460 e. The summed E-state index contributed by atoms with van der Waals surface area (Å²) < 4.78 is 6.08. The van der Waals surface area contributed by atoms with Crippen LogP contribution in [-0.2, 0) is 14.4 Å². The Hall–Kier alpha value is -2.21. The number of benzene rings is 2. The van der Waals surface area contributed by atoms with E-state index in [1.807, 2.05) is 26.8 Å². The third kappa shape index (κ3) is 6.32. The van der Waals surface area contributed by atoms with Crippen molar-refractivity contribution in [3.8, 4) is 0 Å². The standard InChI is InChI=1S/C33H48N2O3/c1-24(25-16-11-9-12-17-25)34-22-27(23-37-35-32(5,6)20-15-21-33(35,7)8)28(30(36)38-31(2,3)4)29(34)26-18-13-10-14-19-26/h9-14,16-19,24,27-29H,15,20-23H2,1-8H3/t24-,27-,28+,29-/m1/s1. The summed E-state index contributed by atoms with van der Waals surface area (Å²) in [5.74, 6) is -0.478. The van der Waals surface area contributed by atoms with E-state index in [4.69, 9.17) is 9.57 Å². The summed E-state index contributed by atoms with van der Waals surface area (Å²) in [6, 6.07) is 21.1. The van der Waals surface area contributed by atoms with Gasteiger partial charge >= 0.3 is 5.97 Å². The largest absolute Gasteiger partial charge is 0.460 e. The zero-order valence-corrected chi connectivity index (χ0v) is 24.7. The number of likely N-dealkylation sites (tertiary alicyclic amines) is 1. The van der Waals surface area contributed by atoms with Crippen LogP contribution in [0.5, 0.6) is 0 Å². The molecule has 0 radical (unpaired) electrons. The number of esters is 1. The first-order chi connectivity index (χ1) is 17.8. The summed E-state index contributed by atoms with van der Waals surface area (Å²) in [6.07, 6.45) is 3.39. The van der Waals surface area contributed by atoms with E-state index in [9.17, 15) is 4.79 Å². The van der Waals surface area contributed by atoms with Crippen molar-refractivity contribution < 1.29 is 14.4 Å². The average Bonchev–Trinajstić information content (AvgIpc) is 3.22. The van der Waals surface area contributed by atoms with Crippen LogP contribution in [0.2, 0.25) is 0 Å². The Morgan fingerprint density at radius 1 is 0.947 bits per heavy atom. The van der Waals surface area contributed by atoms with Crippen molar-refractivity contribution >= 4 is 5.97 Å². The van der Waals surface area contributed by atoms with Crippen LogP contribution in [0.1, 0.15) is 97.9 Å². The number of piperidine rings is 1. The van der Waals surface area contributed by atoms with Crippen LogP contribution < -0.4 is 0 Å². The van der Waals surface area contributed by atoms with Gasteiger partial charge in [-0.25, -0.2) is 0 Å². The third-order valence-electron chi connectivity index (χ3n) is 8.34. The van der Waals surface area contributed by atoms with Crippen molar-refractivity contribution in [1.29, 1.82) is 0 Å². The van der Waals surface area contributed by atoms with E-state index in [2.05, 4.69) is 99.2 Å². The highest BCUT2D eigenvalue weighted by Gasteiger charge is 2.51. The molecule has 4 atom stereocenters. The smallest absolute Gasteiger partial charge is 0.311 e. The lowest BCUT2D eigenvalue weighted by Crippen LogP contribution is -2.58. The molecule has 208 valence electrons. The molecular weight excluding hydrogens is 472 g/mol. The van der Waals surface area contributed by atoms with Crippen LogP contribution in [-0.4, -0.2) is 45.8 Å². The highest BCUT2D eigenvalue weighted by Crippen LogP contribution is 2.47. The Morgan fingerprint density at radius 2 is 1.50 bits per heavy atom. The zero-order chi connectivity index (χ0) is 27.7. The van der Waals surface area contributed by atoms with Gasteiger partial charge in [0.05, 0.1) is 12.5 Å². The molecule has 2 aliphatic heterocycles. The molecule has 2 heterocycles. The van der Waals surface area contributed by atoms with Crippen molar-refractivity contribution in [2.24, 2.45) is 11.8 Å². The van der Waals surface area contributed by atoms with E-state index in [1.54, 1.807) is 0 Å². The molecule has 2 aromatic carbocycles. The van der Waals surface area contributed by atoms with Gasteiger partial charge in [-0.15, -0.1) is 0 Å². The molecule has 5 nitrogen and oxygen atoms in total. The maximum Gasteiger partial charge on any atom is 0.311 e. The van der Waals surface area contributed by atoms with Crippen molar-refractivity contribution in [1.82, 2.24) is 9.96 Å². The number of carbonyl (C=O) groups excluding carboxylic acids is 1. The van der Waals surface area contributed by atoms with Crippen molar-refractivity contribution in [2.75, 3.05) is 13.2 Å². The molecule has 2 saturated heterocycles.